The second-order valence-corrected chi connectivity index (χ2v) is 4.82. The quantitative estimate of drug-likeness (QED) is 0.735. The van der Waals surface area contributed by atoms with Crippen molar-refractivity contribution in [2.45, 2.75) is 24.8 Å². The number of hydrogen-bond acceptors (Lipinski definition) is 4. The van der Waals surface area contributed by atoms with Gasteiger partial charge in [-0.1, -0.05) is 0 Å². The number of rotatable bonds is 4. The van der Waals surface area contributed by atoms with E-state index in [1.54, 1.807) is 6.07 Å². The minimum absolute atomic E-state index is 0.122. The van der Waals surface area contributed by atoms with Crippen molar-refractivity contribution in [3.63, 3.8) is 0 Å². The average Bonchev–Trinajstić information content (AvgIpc) is 2.42. The molecule has 4 N–H and O–H groups in total. The van der Waals surface area contributed by atoms with Gasteiger partial charge in [0.05, 0.1) is 12.1 Å². The third-order valence-electron chi connectivity index (χ3n) is 3.46. The SMILES string of the molecule is Nc1ccc(NC2(CO)CCOCC2)c(C(F)F)c1. The maximum atomic E-state index is 13.0. The molecule has 1 aromatic rings. The maximum Gasteiger partial charge on any atom is 0.265 e. The van der Waals surface area contributed by atoms with E-state index in [1.165, 1.54) is 12.1 Å². The molecule has 0 saturated carbocycles. The highest BCUT2D eigenvalue weighted by Crippen LogP contribution is 2.33. The lowest BCUT2D eigenvalue weighted by molar-refractivity contribution is 0.0378. The molecule has 0 radical (unpaired) electrons. The molecule has 1 saturated heterocycles. The fourth-order valence-electron chi connectivity index (χ4n) is 2.25. The van der Waals surface area contributed by atoms with Gasteiger partial charge in [0.1, 0.15) is 0 Å². The lowest BCUT2D eigenvalue weighted by Crippen LogP contribution is -2.47. The van der Waals surface area contributed by atoms with Gasteiger partial charge in [-0.3, -0.25) is 0 Å². The van der Waals surface area contributed by atoms with E-state index < -0.39 is 12.0 Å². The number of aliphatic hydroxyl groups excluding tert-OH is 1. The van der Waals surface area contributed by atoms with Gasteiger partial charge in [-0.2, -0.15) is 0 Å². The Balaban J connectivity index is 2.26. The number of alkyl halides is 2. The van der Waals surface area contributed by atoms with Crippen LogP contribution in [0.25, 0.3) is 0 Å². The molecule has 0 amide bonds. The molecular formula is C13H18F2N2O2. The van der Waals surface area contributed by atoms with E-state index in [0.29, 0.717) is 37.4 Å². The zero-order valence-corrected chi connectivity index (χ0v) is 10.5. The zero-order chi connectivity index (χ0) is 13.9. The van der Waals surface area contributed by atoms with E-state index in [9.17, 15) is 13.9 Å². The number of anilines is 2. The first-order chi connectivity index (χ1) is 9.06. The summed E-state index contributed by atoms with van der Waals surface area (Å²) in [7, 11) is 0. The lowest BCUT2D eigenvalue weighted by atomic mass is 9.90. The summed E-state index contributed by atoms with van der Waals surface area (Å²) < 4.78 is 31.3. The molecule has 0 atom stereocenters. The summed E-state index contributed by atoms with van der Waals surface area (Å²) >= 11 is 0. The molecule has 106 valence electrons. The predicted octanol–water partition coefficient (Wildman–Crippen LogP) is 2.16. The second kappa shape index (κ2) is 5.71. The standard InChI is InChI=1S/C13H18F2N2O2/c14-12(15)10-7-9(16)1-2-11(10)17-13(8-18)3-5-19-6-4-13/h1-2,7,12,17-18H,3-6,8,16H2. The number of hydrogen-bond donors (Lipinski definition) is 3. The van der Waals surface area contributed by atoms with Gasteiger partial charge in [0.15, 0.2) is 0 Å². The third kappa shape index (κ3) is 3.13. The van der Waals surface area contributed by atoms with Gasteiger partial charge < -0.3 is 20.9 Å². The molecule has 1 aromatic carbocycles. The van der Waals surface area contributed by atoms with Crippen molar-refractivity contribution < 1.29 is 18.6 Å². The normalized spacial score (nSPS) is 18.5. The summed E-state index contributed by atoms with van der Waals surface area (Å²) in [5, 5.41) is 12.6. The number of nitrogens with one attached hydrogen (secondary N) is 1. The smallest absolute Gasteiger partial charge is 0.265 e. The Labute approximate surface area is 110 Å². The molecule has 2 rings (SSSR count). The highest BCUT2D eigenvalue weighted by molar-refractivity contribution is 5.59. The molecule has 1 aliphatic heterocycles. The van der Waals surface area contributed by atoms with Crippen LogP contribution in [0.3, 0.4) is 0 Å². The first-order valence-corrected chi connectivity index (χ1v) is 6.21. The minimum Gasteiger partial charge on any atom is -0.399 e. The van der Waals surface area contributed by atoms with Crippen molar-refractivity contribution in [2.24, 2.45) is 0 Å². The molecule has 1 fully saturated rings. The molecule has 1 aliphatic rings. The number of nitrogen functional groups attached to an aromatic ring is 1. The number of aliphatic hydroxyl groups is 1. The molecule has 0 unspecified atom stereocenters. The summed E-state index contributed by atoms with van der Waals surface area (Å²) in [6.45, 7) is 0.891. The Morgan fingerprint density at radius 3 is 2.63 bits per heavy atom. The van der Waals surface area contributed by atoms with Crippen LogP contribution in [0.1, 0.15) is 24.8 Å². The van der Waals surface area contributed by atoms with Crippen molar-refractivity contribution in [1.82, 2.24) is 0 Å². The molecule has 4 nitrogen and oxygen atoms in total. The molecule has 0 bridgehead atoms. The summed E-state index contributed by atoms with van der Waals surface area (Å²) in [6, 6.07) is 4.36. The third-order valence-corrected chi connectivity index (χ3v) is 3.46. The van der Waals surface area contributed by atoms with Gasteiger partial charge in [-0.05, 0) is 31.0 Å². The maximum absolute atomic E-state index is 13.0. The number of nitrogens with two attached hydrogens (primary N) is 1. The van der Waals surface area contributed by atoms with Crippen molar-refractivity contribution in [1.29, 1.82) is 0 Å². The van der Waals surface area contributed by atoms with Crippen LogP contribution in [-0.2, 0) is 4.74 Å². The molecule has 0 spiro atoms. The van der Waals surface area contributed by atoms with Gasteiger partial charge in [-0.25, -0.2) is 8.78 Å². The van der Waals surface area contributed by atoms with Crippen LogP contribution in [0.5, 0.6) is 0 Å². The Morgan fingerprint density at radius 1 is 1.37 bits per heavy atom. The van der Waals surface area contributed by atoms with E-state index in [4.69, 9.17) is 10.5 Å². The molecule has 19 heavy (non-hydrogen) atoms. The Bertz CT molecular complexity index is 435. The summed E-state index contributed by atoms with van der Waals surface area (Å²) in [4.78, 5) is 0. The van der Waals surface area contributed by atoms with Crippen molar-refractivity contribution >= 4 is 11.4 Å². The molecule has 0 aliphatic carbocycles. The van der Waals surface area contributed by atoms with Gasteiger partial charge in [-0.15, -0.1) is 0 Å². The van der Waals surface area contributed by atoms with Crippen LogP contribution in [0.15, 0.2) is 18.2 Å². The zero-order valence-electron chi connectivity index (χ0n) is 10.5. The molecule has 6 heteroatoms. The number of halogens is 2. The van der Waals surface area contributed by atoms with Crippen molar-refractivity contribution in [2.75, 3.05) is 30.9 Å². The summed E-state index contributed by atoms with van der Waals surface area (Å²) in [6.07, 6.45) is -1.45. The molecule has 0 aromatic heterocycles. The van der Waals surface area contributed by atoms with E-state index in [1.807, 2.05) is 0 Å². The topological polar surface area (TPSA) is 67.5 Å². The van der Waals surface area contributed by atoms with Crippen LogP contribution in [0, 0.1) is 0 Å². The van der Waals surface area contributed by atoms with Crippen molar-refractivity contribution in [3.05, 3.63) is 23.8 Å². The van der Waals surface area contributed by atoms with Crippen LogP contribution in [-0.4, -0.2) is 30.5 Å². The van der Waals surface area contributed by atoms with Crippen LogP contribution in [0.2, 0.25) is 0 Å². The van der Waals surface area contributed by atoms with E-state index in [0.717, 1.165) is 0 Å². The number of ether oxygens (including phenoxy) is 1. The van der Waals surface area contributed by atoms with Gasteiger partial charge >= 0.3 is 0 Å². The largest absolute Gasteiger partial charge is 0.399 e. The van der Waals surface area contributed by atoms with E-state index >= 15 is 0 Å². The highest BCUT2D eigenvalue weighted by Gasteiger charge is 2.32. The van der Waals surface area contributed by atoms with Crippen LogP contribution >= 0.6 is 0 Å². The average molecular weight is 272 g/mol. The van der Waals surface area contributed by atoms with Gasteiger partial charge in [0.2, 0.25) is 0 Å². The lowest BCUT2D eigenvalue weighted by Gasteiger charge is -2.37. The monoisotopic (exact) mass is 272 g/mol. The molecular weight excluding hydrogens is 254 g/mol. The summed E-state index contributed by atoms with van der Waals surface area (Å²) in [5.74, 6) is 0. The van der Waals surface area contributed by atoms with Crippen molar-refractivity contribution in [3.8, 4) is 0 Å². The predicted molar refractivity (Wildman–Crippen MR) is 69.3 cm³/mol. The van der Waals surface area contributed by atoms with Crippen LogP contribution < -0.4 is 11.1 Å². The van der Waals surface area contributed by atoms with E-state index in [-0.39, 0.29) is 12.2 Å². The Morgan fingerprint density at radius 2 is 2.05 bits per heavy atom. The Hall–Kier alpha value is -1.40. The van der Waals surface area contributed by atoms with Crippen LogP contribution in [0.4, 0.5) is 20.2 Å². The summed E-state index contributed by atoms with van der Waals surface area (Å²) in [5.41, 5.74) is 5.41. The fraction of sp³-hybridized carbons (Fsp3) is 0.538. The number of benzene rings is 1. The van der Waals surface area contributed by atoms with Gasteiger partial charge in [0, 0.05) is 30.2 Å². The molecule has 1 heterocycles. The fourth-order valence-corrected chi connectivity index (χ4v) is 2.25. The first kappa shape index (κ1) is 14.0. The second-order valence-electron chi connectivity index (χ2n) is 4.82. The van der Waals surface area contributed by atoms with E-state index in [2.05, 4.69) is 5.32 Å². The first-order valence-electron chi connectivity index (χ1n) is 6.21. The minimum atomic E-state index is -2.61. The Kier molecular flexibility index (Phi) is 4.21. The van der Waals surface area contributed by atoms with Gasteiger partial charge in [0.25, 0.3) is 6.43 Å². The highest BCUT2D eigenvalue weighted by atomic mass is 19.3.